The largest absolute Gasteiger partial charge is 0.507 e. The highest BCUT2D eigenvalue weighted by molar-refractivity contribution is 9.10. The van der Waals surface area contributed by atoms with E-state index in [4.69, 9.17) is 0 Å². The molecule has 0 aliphatic rings. The monoisotopic (exact) mass is 294 g/mol. The summed E-state index contributed by atoms with van der Waals surface area (Å²) in [5.41, 5.74) is 0.838. The van der Waals surface area contributed by atoms with Crippen LogP contribution in [0.3, 0.4) is 0 Å². The number of carbonyl (C=O) groups excluding carboxylic acids is 1. The van der Waals surface area contributed by atoms with Crippen LogP contribution < -0.4 is 0 Å². The van der Waals surface area contributed by atoms with Gasteiger partial charge in [0, 0.05) is 11.1 Å². The minimum absolute atomic E-state index is 0.0701. The van der Waals surface area contributed by atoms with Gasteiger partial charge in [0.05, 0.1) is 4.47 Å². The molecule has 0 saturated heterocycles. The van der Waals surface area contributed by atoms with Crippen molar-refractivity contribution < 1.29 is 14.3 Å². The van der Waals surface area contributed by atoms with Crippen LogP contribution in [-0.2, 0) is 0 Å². The molecule has 2 aromatic rings. The van der Waals surface area contributed by atoms with E-state index in [9.17, 15) is 14.3 Å². The molecular weight excluding hydrogens is 287 g/mol. The zero-order valence-corrected chi connectivity index (χ0v) is 10.2. The molecule has 0 unspecified atom stereocenters. The molecule has 1 N–H and O–H groups in total. The number of rotatable bonds is 2. The van der Waals surface area contributed by atoms with Gasteiger partial charge in [0.25, 0.3) is 0 Å². The molecule has 0 fully saturated rings. The molecule has 0 amide bonds. The summed E-state index contributed by atoms with van der Waals surface area (Å²) in [4.78, 5) is 12.0. The summed E-state index contributed by atoms with van der Waals surface area (Å²) in [6.07, 6.45) is 0. The van der Waals surface area contributed by atoms with Gasteiger partial charge in [-0.2, -0.15) is 0 Å². The first-order valence-electron chi connectivity index (χ1n) is 4.87. The lowest BCUT2D eigenvalue weighted by Crippen LogP contribution is -2.01. The maximum absolute atomic E-state index is 12.7. The molecule has 0 saturated carbocycles. The van der Waals surface area contributed by atoms with Gasteiger partial charge < -0.3 is 5.11 Å². The van der Waals surface area contributed by atoms with Gasteiger partial charge in [-0.25, -0.2) is 4.39 Å². The van der Waals surface area contributed by atoms with Gasteiger partial charge in [-0.3, -0.25) is 4.79 Å². The van der Waals surface area contributed by atoms with E-state index in [0.29, 0.717) is 15.6 Å². The Kier molecular flexibility index (Phi) is 3.24. The van der Waals surface area contributed by atoms with Crippen molar-refractivity contribution in [3.8, 4) is 5.75 Å². The molecule has 0 spiro atoms. The summed E-state index contributed by atoms with van der Waals surface area (Å²) in [5.74, 6) is -0.528. The summed E-state index contributed by atoms with van der Waals surface area (Å²) in [6.45, 7) is 0. The number of hydrogen-bond acceptors (Lipinski definition) is 2. The molecule has 86 valence electrons. The van der Waals surface area contributed by atoms with Crippen molar-refractivity contribution in [2.75, 3.05) is 0 Å². The molecule has 0 aliphatic heterocycles. The number of halogens is 2. The summed E-state index contributed by atoms with van der Waals surface area (Å²) in [5, 5.41) is 9.32. The lowest BCUT2D eigenvalue weighted by Gasteiger charge is -2.03. The first-order chi connectivity index (χ1) is 8.08. The van der Waals surface area contributed by atoms with E-state index in [1.807, 2.05) is 0 Å². The predicted octanol–water partition coefficient (Wildman–Crippen LogP) is 3.52. The van der Waals surface area contributed by atoms with Gasteiger partial charge in [0.1, 0.15) is 11.6 Å². The highest BCUT2D eigenvalue weighted by atomic mass is 79.9. The summed E-state index contributed by atoms with van der Waals surface area (Å²) in [7, 11) is 0. The molecule has 2 rings (SSSR count). The number of benzene rings is 2. The summed E-state index contributed by atoms with van der Waals surface area (Å²) < 4.78 is 13.2. The predicted molar refractivity (Wildman–Crippen MR) is 65.6 cm³/mol. The van der Waals surface area contributed by atoms with Crippen LogP contribution in [0.25, 0.3) is 0 Å². The van der Waals surface area contributed by atoms with Crippen LogP contribution in [0.1, 0.15) is 15.9 Å². The van der Waals surface area contributed by atoms with Gasteiger partial charge in [0.2, 0.25) is 0 Å². The second kappa shape index (κ2) is 4.67. The first kappa shape index (κ1) is 11.8. The second-order valence-electron chi connectivity index (χ2n) is 3.50. The van der Waals surface area contributed by atoms with Crippen LogP contribution in [0.15, 0.2) is 46.9 Å². The number of hydrogen-bond donors (Lipinski definition) is 1. The topological polar surface area (TPSA) is 37.3 Å². The SMILES string of the molecule is O=C(c1ccc(F)cc1)c1ccc(O)c(Br)c1. The molecular formula is C13H8BrFO2. The minimum atomic E-state index is -0.381. The third kappa shape index (κ3) is 2.53. The fraction of sp³-hybridized carbons (Fsp3) is 0. The smallest absolute Gasteiger partial charge is 0.193 e. The number of phenolic OH excluding ortho intramolecular Hbond substituents is 1. The van der Waals surface area contributed by atoms with Gasteiger partial charge in [0.15, 0.2) is 5.78 Å². The Morgan fingerprint density at radius 1 is 1.06 bits per heavy atom. The normalized spacial score (nSPS) is 10.2. The fourth-order valence-corrected chi connectivity index (χ4v) is 1.79. The van der Waals surface area contributed by atoms with Crippen LogP contribution in [0.5, 0.6) is 5.75 Å². The summed E-state index contributed by atoms with van der Waals surface area (Å²) in [6, 6.07) is 9.82. The maximum atomic E-state index is 12.7. The first-order valence-corrected chi connectivity index (χ1v) is 5.66. The van der Waals surface area contributed by atoms with Gasteiger partial charge in [-0.05, 0) is 58.4 Å². The third-order valence-corrected chi connectivity index (χ3v) is 2.95. The van der Waals surface area contributed by atoms with E-state index in [2.05, 4.69) is 15.9 Å². The molecule has 17 heavy (non-hydrogen) atoms. The van der Waals surface area contributed by atoms with Crippen molar-refractivity contribution in [1.82, 2.24) is 0 Å². The van der Waals surface area contributed by atoms with E-state index in [-0.39, 0.29) is 17.3 Å². The van der Waals surface area contributed by atoms with E-state index < -0.39 is 0 Å². The van der Waals surface area contributed by atoms with Crippen molar-refractivity contribution in [2.45, 2.75) is 0 Å². The van der Waals surface area contributed by atoms with Crippen molar-refractivity contribution in [2.24, 2.45) is 0 Å². The van der Waals surface area contributed by atoms with E-state index in [0.717, 1.165) is 0 Å². The fourth-order valence-electron chi connectivity index (χ4n) is 1.42. The molecule has 2 nitrogen and oxygen atoms in total. The second-order valence-corrected chi connectivity index (χ2v) is 4.36. The van der Waals surface area contributed by atoms with Crippen molar-refractivity contribution in [1.29, 1.82) is 0 Å². The van der Waals surface area contributed by atoms with E-state index in [1.165, 1.54) is 42.5 Å². The Hall–Kier alpha value is -1.68. The quantitative estimate of drug-likeness (QED) is 0.861. The Morgan fingerprint density at radius 3 is 2.24 bits per heavy atom. The molecule has 0 atom stereocenters. The zero-order valence-electron chi connectivity index (χ0n) is 8.65. The van der Waals surface area contributed by atoms with Gasteiger partial charge in [-0.1, -0.05) is 0 Å². The Labute approximate surface area is 106 Å². The average Bonchev–Trinajstić information content (AvgIpc) is 2.33. The zero-order chi connectivity index (χ0) is 12.4. The standard InChI is InChI=1S/C13H8BrFO2/c14-11-7-9(3-6-12(11)16)13(17)8-1-4-10(15)5-2-8/h1-7,16H. The number of aromatic hydroxyl groups is 1. The highest BCUT2D eigenvalue weighted by Gasteiger charge is 2.10. The number of carbonyl (C=O) groups is 1. The Balaban J connectivity index is 2.37. The molecule has 0 radical (unpaired) electrons. The average molecular weight is 295 g/mol. The van der Waals surface area contributed by atoms with Crippen LogP contribution in [-0.4, -0.2) is 10.9 Å². The van der Waals surface area contributed by atoms with Crippen LogP contribution >= 0.6 is 15.9 Å². The lowest BCUT2D eigenvalue weighted by atomic mass is 10.0. The third-order valence-electron chi connectivity index (χ3n) is 2.32. The molecule has 0 aliphatic carbocycles. The molecule has 0 bridgehead atoms. The minimum Gasteiger partial charge on any atom is -0.507 e. The molecule has 0 aromatic heterocycles. The maximum Gasteiger partial charge on any atom is 0.193 e. The Morgan fingerprint density at radius 2 is 1.65 bits per heavy atom. The van der Waals surface area contributed by atoms with Crippen molar-refractivity contribution >= 4 is 21.7 Å². The van der Waals surface area contributed by atoms with Gasteiger partial charge in [-0.15, -0.1) is 0 Å². The highest BCUT2D eigenvalue weighted by Crippen LogP contribution is 2.25. The van der Waals surface area contributed by atoms with E-state index >= 15 is 0 Å². The van der Waals surface area contributed by atoms with Crippen LogP contribution in [0, 0.1) is 5.82 Å². The Bertz CT molecular complexity index is 564. The summed E-state index contributed by atoms with van der Waals surface area (Å²) >= 11 is 3.14. The van der Waals surface area contributed by atoms with Crippen LogP contribution in [0.2, 0.25) is 0 Å². The van der Waals surface area contributed by atoms with Crippen molar-refractivity contribution in [3.63, 3.8) is 0 Å². The van der Waals surface area contributed by atoms with Gasteiger partial charge >= 0.3 is 0 Å². The molecule has 0 heterocycles. The van der Waals surface area contributed by atoms with Crippen LogP contribution in [0.4, 0.5) is 4.39 Å². The van der Waals surface area contributed by atoms with Crippen molar-refractivity contribution in [3.05, 3.63) is 63.9 Å². The molecule has 4 heteroatoms. The lowest BCUT2D eigenvalue weighted by molar-refractivity contribution is 0.103. The number of phenols is 1. The molecule has 2 aromatic carbocycles. The van der Waals surface area contributed by atoms with E-state index in [1.54, 1.807) is 0 Å². The number of ketones is 1.